The van der Waals surface area contributed by atoms with Crippen LogP contribution in [0.2, 0.25) is 0 Å². The topological polar surface area (TPSA) is 50.3 Å². The summed E-state index contributed by atoms with van der Waals surface area (Å²) in [5.41, 5.74) is 4.05. The van der Waals surface area contributed by atoms with Crippen molar-refractivity contribution in [2.24, 2.45) is 0 Å². The molecule has 0 saturated heterocycles. The van der Waals surface area contributed by atoms with Crippen molar-refractivity contribution in [2.45, 2.75) is 26.2 Å². The largest absolute Gasteiger partial charge is 0.494 e. The molecule has 1 N–H and O–H groups in total. The predicted octanol–water partition coefficient (Wildman–Crippen LogP) is 5.52. The summed E-state index contributed by atoms with van der Waals surface area (Å²) in [7, 11) is 4.07. The van der Waals surface area contributed by atoms with Crippen LogP contribution in [0.1, 0.15) is 26.2 Å². The number of anilines is 3. The molecule has 0 bridgehead atoms. The average Bonchev–Trinajstić information content (AvgIpc) is 2.72. The highest BCUT2D eigenvalue weighted by atomic mass is 16.5. The van der Waals surface area contributed by atoms with E-state index in [1.54, 1.807) is 6.33 Å². The fourth-order valence-electron chi connectivity index (χ4n) is 2.98. The monoisotopic (exact) mass is 376 g/mol. The summed E-state index contributed by atoms with van der Waals surface area (Å²) in [6.07, 6.45) is 5.09. The Hall–Kier alpha value is -3.08. The first-order valence-corrected chi connectivity index (χ1v) is 9.76. The van der Waals surface area contributed by atoms with Gasteiger partial charge in [0.25, 0.3) is 0 Å². The van der Waals surface area contributed by atoms with Gasteiger partial charge in [-0.05, 0) is 36.8 Å². The average molecular weight is 377 g/mol. The van der Waals surface area contributed by atoms with E-state index in [0.717, 1.165) is 47.2 Å². The van der Waals surface area contributed by atoms with Gasteiger partial charge in [0.1, 0.15) is 17.9 Å². The van der Waals surface area contributed by atoms with Gasteiger partial charge in [-0.15, -0.1) is 0 Å². The molecule has 0 unspecified atom stereocenters. The van der Waals surface area contributed by atoms with Crippen molar-refractivity contribution < 1.29 is 4.74 Å². The molecule has 28 heavy (non-hydrogen) atoms. The molecule has 0 fully saturated rings. The molecule has 2 aromatic carbocycles. The van der Waals surface area contributed by atoms with Crippen molar-refractivity contribution >= 4 is 17.2 Å². The van der Waals surface area contributed by atoms with Crippen molar-refractivity contribution in [3.63, 3.8) is 0 Å². The molecule has 5 nitrogen and oxygen atoms in total. The van der Waals surface area contributed by atoms with Crippen molar-refractivity contribution in [1.82, 2.24) is 9.97 Å². The zero-order chi connectivity index (χ0) is 19.8. The fraction of sp³-hybridized carbons (Fsp3) is 0.304. The van der Waals surface area contributed by atoms with Gasteiger partial charge < -0.3 is 15.0 Å². The molecule has 1 aromatic heterocycles. The minimum atomic E-state index is 0.759. The van der Waals surface area contributed by atoms with E-state index in [2.05, 4.69) is 39.2 Å². The van der Waals surface area contributed by atoms with Crippen LogP contribution < -0.4 is 15.0 Å². The molecule has 0 aliphatic heterocycles. The maximum absolute atomic E-state index is 5.77. The Kier molecular flexibility index (Phi) is 6.84. The molecule has 0 aliphatic rings. The van der Waals surface area contributed by atoms with E-state index in [0.29, 0.717) is 0 Å². The molecule has 5 heteroatoms. The molecule has 3 rings (SSSR count). The Morgan fingerprint density at radius 2 is 1.75 bits per heavy atom. The smallest absolute Gasteiger partial charge is 0.134 e. The summed E-state index contributed by atoms with van der Waals surface area (Å²) in [6, 6.07) is 18.2. The van der Waals surface area contributed by atoms with Gasteiger partial charge in [0.2, 0.25) is 0 Å². The molecule has 1 heterocycles. The van der Waals surface area contributed by atoms with Gasteiger partial charge >= 0.3 is 0 Å². The first-order valence-electron chi connectivity index (χ1n) is 9.76. The number of aromatic nitrogens is 2. The van der Waals surface area contributed by atoms with Crippen LogP contribution in [0, 0.1) is 0 Å². The number of nitrogens with one attached hydrogen (secondary N) is 1. The van der Waals surface area contributed by atoms with Gasteiger partial charge in [-0.3, -0.25) is 0 Å². The van der Waals surface area contributed by atoms with Crippen molar-refractivity contribution in [3.8, 4) is 17.0 Å². The lowest BCUT2D eigenvalue weighted by Gasteiger charge is -2.17. The first kappa shape index (κ1) is 19.7. The van der Waals surface area contributed by atoms with Crippen molar-refractivity contribution in [3.05, 3.63) is 60.9 Å². The van der Waals surface area contributed by atoms with E-state index in [-0.39, 0.29) is 0 Å². The number of hydrogen-bond acceptors (Lipinski definition) is 5. The summed E-state index contributed by atoms with van der Waals surface area (Å²) in [5.74, 6) is 1.65. The maximum atomic E-state index is 5.77. The van der Waals surface area contributed by atoms with Crippen LogP contribution in [0.25, 0.3) is 11.3 Å². The molecular formula is C23H28N4O. The van der Waals surface area contributed by atoms with Gasteiger partial charge in [-0.25, -0.2) is 9.97 Å². The summed E-state index contributed by atoms with van der Waals surface area (Å²) < 4.78 is 5.77. The normalized spacial score (nSPS) is 10.5. The van der Waals surface area contributed by atoms with Gasteiger partial charge in [-0.1, -0.05) is 38.0 Å². The second-order valence-corrected chi connectivity index (χ2v) is 6.91. The lowest BCUT2D eigenvalue weighted by atomic mass is 10.1. The molecule has 0 radical (unpaired) electrons. The Morgan fingerprint density at radius 1 is 0.964 bits per heavy atom. The number of unbranched alkanes of at least 4 members (excludes halogenated alkanes) is 2. The van der Waals surface area contributed by atoms with Crippen LogP contribution in [-0.2, 0) is 0 Å². The molecule has 0 spiro atoms. The quantitative estimate of drug-likeness (QED) is 0.498. The molecular weight excluding hydrogens is 348 g/mol. The lowest BCUT2D eigenvalue weighted by Crippen LogP contribution is -2.10. The van der Waals surface area contributed by atoms with Gasteiger partial charge in [-0.2, -0.15) is 0 Å². The second-order valence-electron chi connectivity index (χ2n) is 6.91. The number of hydrogen-bond donors (Lipinski definition) is 1. The zero-order valence-corrected chi connectivity index (χ0v) is 16.9. The SMILES string of the molecule is CCCCCOc1ccc(Nc2cc(-c3ccccc3N(C)C)ncn2)cc1. The van der Waals surface area contributed by atoms with Crippen LogP contribution in [-0.4, -0.2) is 30.7 Å². The summed E-state index contributed by atoms with van der Waals surface area (Å²) in [5, 5.41) is 3.35. The third-order valence-corrected chi connectivity index (χ3v) is 4.47. The Morgan fingerprint density at radius 3 is 2.50 bits per heavy atom. The molecule has 146 valence electrons. The fourth-order valence-corrected chi connectivity index (χ4v) is 2.98. The Balaban J connectivity index is 1.70. The number of ether oxygens (including phenoxy) is 1. The molecule has 0 amide bonds. The number of para-hydroxylation sites is 1. The van der Waals surface area contributed by atoms with Crippen LogP contribution in [0.4, 0.5) is 17.2 Å². The van der Waals surface area contributed by atoms with Crippen molar-refractivity contribution in [2.75, 3.05) is 30.9 Å². The number of rotatable bonds is 9. The molecule has 0 saturated carbocycles. The molecule has 0 atom stereocenters. The van der Waals surface area contributed by atoms with Crippen molar-refractivity contribution in [1.29, 1.82) is 0 Å². The van der Waals surface area contributed by atoms with Crippen LogP contribution in [0.5, 0.6) is 5.75 Å². The highest BCUT2D eigenvalue weighted by molar-refractivity contribution is 5.77. The van der Waals surface area contributed by atoms with Crippen LogP contribution in [0.3, 0.4) is 0 Å². The maximum Gasteiger partial charge on any atom is 0.134 e. The summed E-state index contributed by atoms with van der Waals surface area (Å²) in [6.45, 7) is 2.96. The Labute approximate surface area is 167 Å². The van der Waals surface area contributed by atoms with Crippen LogP contribution >= 0.6 is 0 Å². The minimum Gasteiger partial charge on any atom is -0.494 e. The standard InChI is InChI=1S/C23H28N4O/c1-4-5-8-15-28-19-13-11-18(12-14-19)26-23-16-21(24-17-25-23)20-9-6-7-10-22(20)27(2)3/h6-7,9-14,16-17H,4-5,8,15H2,1-3H3,(H,24,25,26). The van der Waals surface area contributed by atoms with E-state index >= 15 is 0 Å². The number of nitrogens with zero attached hydrogens (tertiary/aromatic N) is 3. The lowest BCUT2D eigenvalue weighted by molar-refractivity contribution is 0.306. The summed E-state index contributed by atoms with van der Waals surface area (Å²) >= 11 is 0. The first-order chi connectivity index (χ1) is 13.7. The van der Waals surface area contributed by atoms with Gasteiger partial charge in [0.15, 0.2) is 0 Å². The molecule has 0 aliphatic carbocycles. The highest BCUT2D eigenvalue weighted by Crippen LogP contribution is 2.29. The van der Waals surface area contributed by atoms with Crippen LogP contribution in [0.15, 0.2) is 60.9 Å². The summed E-state index contributed by atoms with van der Waals surface area (Å²) in [4.78, 5) is 10.9. The Bertz CT molecular complexity index is 878. The molecule has 3 aromatic rings. The van der Waals surface area contributed by atoms with E-state index in [1.807, 2.05) is 56.6 Å². The van der Waals surface area contributed by atoms with Gasteiger partial charge in [0, 0.05) is 37.1 Å². The highest BCUT2D eigenvalue weighted by Gasteiger charge is 2.09. The third kappa shape index (κ3) is 5.22. The predicted molar refractivity (Wildman–Crippen MR) is 117 cm³/mol. The van der Waals surface area contributed by atoms with E-state index in [1.165, 1.54) is 12.8 Å². The zero-order valence-electron chi connectivity index (χ0n) is 16.9. The number of benzene rings is 2. The third-order valence-electron chi connectivity index (χ3n) is 4.47. The minimum absolute atomic E-state index is 0.759. The van der Waals surface area contributed by atoms with E-state index in [9.17, 15) is 0 Å². The van der Waals surface area contributed by atoms with Gasteiger partial charge in [0.05, 0.1) is 12.3 Å². The van der Waals surface area contributed by atoms with E-state index in [4.69, 9.17) is 4.74 Å². The second kappa shape index (κ2) is 9.74. The van der Waals surface area contributed by atoms with E-state index < -0.39 is 0 Å².